The molecule has 1 aromatic rings. The van der Waals surface area contributed by atoms with E-state index in [9.17, 15) is 24.4 Å². The van der Waals surface area contributed by atoms with Crippen LogP contribution in [-0.2, 0) is 14.4 Å². The molecule has 2 N–H and O–H groups in total. The van der Waals surface area contributed by atoms with Crippen LogP contribution in [0.3, 0.4) is 0 Å². The molecule has 1 aliphatic heterocycles. The second kappa shape index (κ2) is 7.11. The van der Waals surface area contributed by atoms with Crippen molar-refractivity contribution in [3.63, 3.8) is 0 Å². The van der Waals surface area contributed by atoms with Crippen LogP contribution in [0.25, 0.3) is 0 Å². The average Bonchev–Trinajstić information content (AvgIpc) is 2.84. The van der Waals surface area contributed by atoms with Gasteiger partial charge in [0.25, 0.3) is 5.66 Å². The van der Waals surface area contributed by atoms with Gasteiger partial charge in [-0.05, 0) is 12.1 Å². The van der Waals surface area contributed by atoms with Crippen molar-refractivity contribution in [3.05, 3.63) is 34.2 Å². The van der Waals surface area contributed by atoms with Crippen molar-refractivity contribution >= 4 is 47.0 Å². The molecule has 3 atom stereocenters. The maximum absolute atomic E-state index is 12.7. The molecule has 0 saturated carbocycles. The largest absolute Gasteiger partial charge is 0.475 e. The summed E-state index contributed by atoms with van der Waals surface area (Å²) in [6.07, 6.45) is 0.200. The number of aliphatic carboxylic acids is 1. The summed E-state index contributed by atoms with van der Waals surface area (Å²) in [6.45, 7) is 2.52. The molecular weight excluding hydrogens is 370 g/mol. The third kappa shape index (κ3) is 2.92. The van der Waals surface area contributed by atoms with E-state index in [-0.39, 0.29) is 13.0 Å². The van der Waals surface area contributed by atoms with Gasteiger partial charge in [-0.15, -0.1) is 4.91 Å². The monoisotopic (exact) mass is 386 g/mol. The summed E-state index contributed by atoms with van der Waals surface area (Å²) >= 11 is 6.41. The number of carbonyl (C=O) groups excluding carboxylic acids is 2. The number of carboxylic acid groups (broad SMARTS) is 1. The lowest BCUT2D eigenvalue weighted by atomic mass is 10.0. The summed E-state index contributed by atoms with van der Waals surface area (Å²) in [5.41, 5.74) is -1.69. The molecular formula is C15H17ClN3O5S+. The van der Waals surface area contributed by atoms with E-state index in [0.717, 1.165) is 6.92 Å². The van der Waals surface area contributed by atoms with E-state index in [0.29, 0.717) is 22.7 Å². The fraction of sp³-hybridized carbons (Fsp3) is 0.400. The molecule has 10 heteroatoms. The van der Waals surface area contributed by atoms with E-state index in [1.165, 1.54) is 6.92 Å². The second-order valence-corrected chi connectivity index (χ2v) is 7.10. The number of carboxylic acids is 1. The summed E-state index contributed by atoms with van der Waals surface area (Å²) in [7, 11) is 0. The molecule has 8 nitrogen and oxygen atoms in total. The van der Waals surface area contributed by atoms with Gasteiger partial charge in [0.05, 0.1) is 13.5 Å². The van der Waals surface area contributed by atoms with Crippen LogP contribution in [0.2, 0.25) is 5.02 Å². The Kier molecular flexibility index (Phi) is 5.50. The molecule has 2 amide bonds. The standard InChI is InChI=1S/C15H16ClN3O5S/c1-9(20)17-15(14(22)23)13(25-18-24)7-8-19(15,10(2)21)12-5-3-11(16)4-6-12/h3-6,13H,7-8H2,1-2H3,(H-,17,20,22,23)/p+1/t13?,15?,19-/m0/s1. The molecule has 0 aromatic heterocycles. The third-order valence-electron chi connectivity index (χ3n) is 4.46. The van der Waals surface area contributed by atoms with E-state index in [1.54, 1.807) is 24.3 Å². The SMILES string of the molecule is CC(=O)NC1(C(=O)O)C(SN=O)CC[N@+]1(C(C)=O)c1ccc(Cl)cc1. The number of amides is 2. The predicted octanol–water partition coefficient (Wildman–Crippen LogP) is 2.30. The van der Waals surface area contributed by atoms with Gasteiger partial charge in [0, 0.05) is 47.0 Å². The minimum Gasteiger partial charge on any atom is -0.475 e. The van der Waals surface area contributed by atoms with Crippen molar-refractivity contribution in [2.24, 2.45) is 4.58 Å². The number of nitrogens with one attached hydrogen (secondary N) is 1. The predicted molar refractivity (Wildman–Crippen MR) is 94.8 cm³/mol. The summed E-state index contributed by atoms with van der Waals surface area (Å²) in [6, 6.07) is 6.17. The Labute approximate surface area is 153 Å². The molecule has 25 heavy (non-hydrogen) atoms. The van der Waals surface area contributed by atoms with E-state index in [4.69, 9.17) is 11.6 Å². The number of quaternary nitrogens is 1. The van der Waals surface area contributed by atoms with E-state index >= 15 is 0 Å². The van der Waals surface area contributed by atoms with Crippen LogP contribution in [0.5, 0.6) is 0 Å². The van der Waals surface area contributed by atoms with Crippen molar-refractivity contribution in [2.45, 2.75) is 31.2 Å². The number of rotatable bonds is 5. The zero-order valence-corrected chi connectivity index (χ0v) is 15.1. The molecule has 1 aliphatic rings. The molecule has 1 fully saturated rings. The summed E-state index contributed by atoms with van der Waals surface area (Å²) in [5.74, 6) is -2.52. The van der Waals surface area contributed by atoms with Crippen molar-refractivity contribution in [1.82, 2.24) is 9.80 Å². The number of benzene rings is 1. The van der Waals surface area contributed by atoms with Crippen LogP contribution < -0.4 is 9.80 Å². The Balaban J connectivity index is 2.80. The minimum absolute atomic E-state index is 0.0940. The third-order valence-corrected chi connectivity index (χ3v) is 5.63. The number of nitrogens with zero attached hydrogens (tertiary/aromatic N) is 2. The van der Waals surface area contributed by atoms with Gasteiger partial charge in [-0.1, -0.05) is 11.6 Å². The van der Waals surface area contributed by atoms with Gasteiger partial charge in [-0.25, -0.2) is 9.59 Å². The Morgan fingerprint density at radius 1 is 1.32 bits per heavy atom. The number of nitroso groups, excluding NO2 is 1. The number of hydrogen-bond donors (Lipinski definition) is 2. The highest BCUT2D eigenvalue weighted by molar-refractivity contribution is 7.98. The second-order valence-electron chi connectivity index (χ2n) is 5.74. The molecule has 0 spiro atoms. The average molecular weight is 387 g/mol. The van der Waals surface area contributed by atoms with E-state index in [2.05, 4.69) is 9.90 Å². The highest BCUT2D eigenvalue weighted by Gasteiger charge is 2.71. The number of halogens is 1. The maximum atomic E-state index is 12.7. The van der Waals surface area contributed by atoms with E-state index < -0.39 is 33.2 Å². The van der Waals surface area contributed by atoms with Crippen molar-refractivity contribution in [3.8, 4) is 0 Å². The van der Waals surface area contributed by atoms with Gasteiger partial charge in [0.15, 0.2) is 0 Å². The van der Waals surface area contributed by atoms with Gasteiger partial charge < -0.3 is 5.11 Å². The summed E-state index contributed by atoms with van der Waals surface area (Å²) in [4.78, 5) is 47.7. The van der Waals surface area contributed by atoms with Crippen molar-refractivity contribution < 1.29 is 19.5 Å². The highest BCUT2D eigenvalue weighted by atomic mass is 35.5. The van der Waals surface area contributed by atoms with Crippen LogP contribution >= 0.6 is 23.5 Å². The molecule has 1 saturated heterocycles. The molecule has 1 heterocycles. The number of carbonyl (C=O) groups is 3. The van der Waals surface area contributed by atoms with Crippen LogP contribution in [0.4, 0.5) is 5.69 Å². The van der Waals surface area contributed by atoms with Gasteiger partial charge in [-0.3, -0.25) is 10.1 Å². The lowest BCUT2D eigenvalue weighted by Crippen LogP contribution is -2.78. The molecule has 134 valence electrons. The molecule has 1 aromatic carbocycles. The topological polar surface area (TPSA) is 113 Å². The lowest BCUT2D eigenvalue weighted by molar-refractivity contribution is -0.159. The fourth-order valence-electron chi connectivity index (χ4n) is 3.54. The van der Waals surface area contributed by atoms with Gasteiger partial charge in [-0.2, -0.15) is 4.48 Å². The van der Waals surface area contributed by atoms with Gasteiger partial charge >= 0.3 is 11.9 Å². The molecule has 0 radical (unpaired) electrons. The fourth-order valence-corrected chi connectivity index (χ4v) is 4.47. The Bertz CT molecular complexity index is 728. The highest BCUT2D eigenvalue weighted by Crippen LogP contribution is 2.46. The van der Waals surface area contributed by atoms with Crippen molar-refractivity contribution in [2.75, 3.05) is 6.54 Å². The van der Waals surface area contributed by atoms with Gasteiger partial charge in [0.2, 0.25) is 5.91 Å². The van der Waals surface area contributed by atoms with E-state index in [1.807, 2.05) is 0 Å². The van der Waals surface area contributed by atoms with Crippen molar-refractivity contribution in [1.29, 1.82) is 0 Å². The maximum Gasteiger partial charge on any atom is 0.390 e. The smallest absolute Gasteiger partial charge is 0.390 e. The number of likely N-dealkylation sites (tertiary alicyclic amines) is 1. The molecule has 0 aliphatic carbocycles. The number of hydrogen-bond acceptors (Lipinski definition) is 6. The zero-order chi connectivity index (χ0) is 18.8. The summed E-state index contributed by atoms with van der Waals surface area (Å²) < 4.78 is 2.08. The Morgan fingerprint density at radius 3 is 2.36 bits per heavy atom. The molecule has 2 rings (SSSR count). The van der Waals surface area contributed by atoms with Crippen LogP contribution in [-0.4, -0.2) is 40.3 Å². The quantitative estimate of drug-likeness (QED) is 0.456. The molecule has 0 bridgehead atoms. The van der Waals surface area contributed by atoms with Crippen LogP contribution in [0.15, 0.2) is 28.8 Å². The molecule has 2 unspecified atom stereocenters. The summed E-state index contributed by atoms with van der Waals surface area (Å²) in [5, 5.41) is 12.0. The first-order chi connectivity index (χ1) is 11.7. The first kappa shape index (κ1) is 19.4. The normalized spacial score (nSPS) is 28.4. The Morgan fingerprint density at radius 2 is 1.92 bits per heavy atom. The van der Waals surface area contributed by atoms with Gasteiger partial charge in [0.1, 0.15) is 10.9 Å². The van der Waals surface area contributed by atoms with Crippen LogP contribution in [0.1, 0.15) is 20.3 Å². The zero-order valence-electron chi connectivity index (χ0n) is 13.6. The van der Waals surface area contributed by atoms with Crippen LogP contribution in [0, 0.1) is 4.91 Å². The first-order valence-electron chi connectivity index (χ1n) is 7.38. The Hall–Kier alpha value is -1.97. The minimum atomic E-state index is -2.05. The first-order valence-corrected chi connectivity index (χ1v) is 8.60. The lowest BCUT2D eigenvalue weighted by Gasteiger charge is -2.44.